The van der Waals surface area contributed by atoms with Crippen molar-refractivity contribution in [2.75, 3.05) is 6.54 Å². The number of benzene rings is 2. The zero-order valence-corrected chi connectivity index (χ0v) is 9.15. The normalized spacial score (nSPS) is 10.6. The lowest BCUT2D eigenvalue weighted by molar-refractivity contribution is -0.118. The fraction of sp³-hybridized carbons (Fsp3) is 0.214. The van der Waals surface area contributed by atoms with Crippen molar-refractivity contribution in [3.8, 4) is 0 Å². The zero-order valence-electron chi connectivity index (χ0n) is 9.15. The van der Waals surface area contributed by atoms with Gasteiger partial charge in [0.05, 0.1) is 0 Å². The molecule has 0 amide bonds. The van der Waals surface area contributed by atoms with E-state index in [4.69, 9.17) is 5.73 Å². The first-order chi connectivity index (χ1) is 7.81. The molecule has 2 aromatic rings. The van der Waals surface area contributed by atoms with Crippen LogP contribution < -0.4 is 5.73 Å². The Balaban J connectivity index is 2.33. The first-order valence-corrected chi connectivity index (χ1v) is 5.49. The lowest BCUT2D eigenvalue weighted by atomic mass is 10.00. The third-order valence-corrected chi connectivity index (χ3v) is 2.69. The summed E-state index contributed by atoms with van der Waals surface area (Å²) >= 11 is 0. The molecule has 2 N–H and O–H groups in total. The molecule has 0 radical (unpaired) electrons. The SMILES string of the molecule is NCCC(=O)Cc1cccc2ccccc12. The molecular formula is C14H15NO. The number of Topliss-reactive ketones (excluding diaryl/α,β-unsaturated/α-hetero) is 1. The zero-order chi connectivity index (χ0) is 11.4. The van der Waals surface area contributed by atoms with Gasteiger partial charge in [-0.15, -0.1) is 0 Å². The van der Waals surface area contributed by atoms with Crippen molar-refractivity contribution < 1.29 is 4.79 Å². The van der Waals surface area contributed by atoms with Crippen LogP contribution in [0.15, 0.2) is 42.5 Å². The molecule has 0 spiro atoms. The first-order valence-electron chi connectivity index (χ1n) is 5.49. The fourth-order valence-corrected chi connectivity index (χ4v) is 1.91. The maximum atomic E-state index is 11.6. The summed E-state index contributed by atoms with van der Waals surface area (Å²) < 4.78 is 0. The number of fused-ring (bicyclic) bond motifs is 1. The average molecular weight is 213 g/mol. The van der Waals surface area contributed by atoms with Crippen LogP contribution in [0.5, 0.6) is 0 Å². The molecule has 0 saturated heterocycles. The number of carbonyl (C=O) groups is 1. The van der Waals surface area contributed by atoms with Gasteiger partial charge in [0, 0.05) is 12.8 Å². The Bertz CT molecular complexity index is 500. The van der Waals surface area contributed by atoms with Crippen molar-refractivity contribution in [2.24, 2.45) is 5.73 Å². The maximum absolute atomic E-state index is 11.6. The largest absolute Gasteiger partial charge is 0.330 e. The van der Waals surface area contributed by atoms with E-state index in [1.807, 2.05) is 24.3 Å². The molecule has 0 aliphatic carbocycles. The Morgan fingerprint density at radius 2 is 1.81 bits per heavy atom. The third-order valence-electron chi connectivity index (χ3n) is 2.69. The number of rotatable bonds is 4. The molecule has 2 heteroatoms. The van der Waals surface area contributed by atoms with Crippen molar-refractivity contribution in [1.29, 1.82) is 0 Å². The van der Waals surface area contributed by atoms with Gasteiger partial charge in [0.25, 0.3) is 0 Å². The van der Waals surface area contributed by atoms with Gasteiger partial charge in [0.15, 0.2) is 0 Å². The second-order valence-corrected chi connectivity index (χ2v) is 3.89. The second kappa shape index (κ2) is 4.90. The van der Waals surface area contributed by atoms with E-state index in [-0.39, 0.29) is 5.78 Å². The minimum Gasteiger partial charge on any atom is -0.330 e. The Morgan fingerprint density at radius 3 is 2.62 bits per heavy atom. The number of hydrogen-bond acceptors (Lipinski definition) is 2. The Morgan fingerprint density at radius 1 is 1.06 bits per heavy atom. The Hall–Kier alpha value is -1.67. The molecule has 0 aliphatic rings. The molecule has 0 atom stereocenters. The van der Waals surface area contributed by atoms with Gasteiger partial charge in [0.1, 0.15) is 5.78 Å². The van der Waals surface area contributed by atoms with Gasteiger partial charge in [-0.2, -0.15) is 0 Å². The molecule has 0 fully saturated rings. The second-order valence-electron chi connectivity index (χ2n) is 3.89. The molecule has 0 heterocycles. The van der Waals surface area contributed by atoms with Crippen LogP contribution >= 0.6 is 0 Å². The van der Waals surface area contributed by atoms with Gasteiger partial charge in [-0.25, -0.2) is 0 Å². The third kappa shape index (κ3) is 2.28. The highest BCUT2D eigenvalue weighted by molar-refractivity contribution is 5.90. The highest BCUT2D eigenvalue weighted by Gasteiger charge is 2.05. The summed E-state index contributed by atoms with van der Waals surface area (Å²) in [7, 11) is 0. The molecule has 0 aromatic heterocycles. The van der Waals surface area contributed by atoms with Gasteiger partial charge in [0.2, 0.25) is 0 Å². The van der Waals surface area contributed by atoms with Crippen molar-refractivity contribution in [3.05, 3.63) is 48.0 Å². The van der Waals surface area contributed by atoms with E-state index in [1.54, 1.807) is 0 Å². The van der Waals surface area contributed by atoms with E-state index in [0.717, 1.165) is 10.9 Å². The molecule has 0 unspecified atom stereocenters. The van der Waals surface area contributed by atoms with Gasteiger partial charge < -0.3 is 5.73 Å². The van der Waals surface area contributed by atoms with Gasteiger partial charge in [-0.3, -0.25) is 4.79 Å². The van der Waals surface area contributed by atoms with E-state index in [1.165, 1.54) is 5.39 Å². The quantitative estimate of drug-likeness (QED) is 0.846. The standard InChI is InChI=1S/C14H15NO/c15-9-8-13(16)10-12-6-3-5-11-4-1-2-7-14(11)12/h1-7H,8-10,15H2. The molecule has 16 heavy (non-hydrogen) atoms. The van der Waals surface area contributed by atoms with Crippen molar-refractivity contribution in [2.45, 2.75) is 12.8 Å². The van der Waals surface area contributed by atoms with Crippen molar-refractivity contribution in [1.82, 2.24) is 0 Å². The van der Waals surface area contributed by atoms with Crippen LogP contribution in [-0.2, 0) is 11.2 Å². The van der Waals surface area contributed by atoms with E-state index < -0.39 is 0 Å². The first kappa shape index (κ1) is 10.8. The minimum atomic E-state index is 0.207. The Kier molecular flexibility index (Phi) is 3.32. The fourth-order valence-electron chi connectivity index (χ4n) is 1.91. The number of nitrogens with two attached hydrogens (primary N) is 1. The van der Waals surface area contributed by atoms with Gasteiger partial charge in [-0.1, -0.05) is 42.5 Å². The van der Waals surface area contributed by atoms with E-state index in [0.29, 0.717) is 19.4 Å². The highest BCUT2D eigenvalue weighted by Crippen LogP contribution is 2.19. The van der Waals surface area contributed by atoms with Crippen LogP contribution in [0, 0.1) is 0 Å². The maximum Gasteiger partial charge on any atom is 0.138 e. The highest BCUT2D eigenvalue weighted by atomic mass is 16.1. The van der Waals surface area contributed by atoms with Crippen LogP contribution in [-0.4, -0.2) is 12.3 Å². The number of ketones is 1. The monoisotopic (exact) mass is 213 g/mol. The summed E-state index contributed by atoms with van der Waals surface area (Å²) in [5, 5.41) is 2.34. The van der Waals surface area contributed by atoms with Crippen LogP contribution in [0.3, 0.4) is 0 Å². The predicted octanol–water partition coefficient (Wildman–Crippen LogP) is 2.30. The van der Waals surface area contributed by atoms with E-state index >= 15 is 0 Å². The van der Waals surface area contributed by atoms with E-state index in [9.17, 15) is 4.79 Å². The van der Waals surface area contributed by atoms with Crippen LogP contribution in [0.2, 0.25) is 0 Å². The van der Waals surface area contributed by atoms with Crippen LogP contribution in [0.25, 0.3) is 10.8 Å². The molecular weight excluding hydrogens is 198 g/mol. The summed E-state index contributed by atoms with van der Waals surface area (Å²) in [6.45, 7) is 0.434. The summed E-state index contributed by atoms with van der Waals surface area (Å²) in [6, 6.07) is 14.2. The molecule has 0 bridgehead atoms. The average Bonchev–Trinajstić information content (AvgIpc) is 2.30. The molecule has 82 valence electrons. The number of carbonyl (C=O) groups excluding carboxylic acids is 1. The van der Waals surface area contributed by atoms with Crippen molar-refractivity contribution >= 4 is 16.6 Å². The van der Waals surface area contributed by atoms with Gasteiger partial charge in [-0.05, 0) is 22.9 Å². The predicted molar refractivity (Wildman–Crippen MR) is 66.3 cm³/mol. The lowest BCUT2D eigenvalue weighted by Crippen LogP contribution is -2.10. The summed E-state index contributed by atoms with van der Waals surface area (Å²) in [5.74, 6) is 0.207. The smallest absolute Gasteiger partial charge is 0.138 e. The molecule has 0 saturated carbocycles. The lowest BCUT2D eigenvalue weighted by Gasteiger charge is -2.05. The van der Waals surface area contributed by atoms with Crippen LogP contribution in [0.1, 0.15) is 12.0 Å². The minimum absolute atomic E-state index is 0.207. The van der Waals surface area contributed by atoms with Gasteiger partial charge >= 0.3 is 0 Å². The molecule has 0 aliphatic heterocycles. The number of hydrogen-bond donors (Lipinski definition) is 1. The van der Waals surface area contributed by atoms with E-state index in [2.05, 4.69) is 18.2 Å². The topological polar surface area (TPSA) is 43.1 Å². The molecule has 2 nitrogen and oxygen atoms in total. The molecule has 2 rings (SSSR count). The summed E-state index contributed by atoms with van der Waals surface area (Å²) in [4.78, 5) is 11.6. The summed E-state index contributed by atoms with van der Waals surface area (Å²) in [6.07, 6.45) is 0.946. The van der Waals surface area contributed by atoms with Crippen LogP contribution in [0.4, 0.5) is 0 Å². The summed E-state index contributed by atoms with van der Waals surface area (Å²) in [5.41, 5.74) is 6.47. The Labute approximate surface area is 95.1 Å². The van der Waals surface area contributed by atoms with Crippen molar-refractivity contribution in [3.63, 3.8) is 0 Å². The molecule has 2 aromatic carbocycles.